The van der Waals surface area contributed by atoms with E-state index in [1.165, 1.54) is 20.8 Å². The van der Waals surface area contributed by atoms with Crippen molar-refractivity contribution in [2.75, 3.05) is 0 Å². The summed E-state index contributed by atoms with van der Waals surface area (Å²) in [7, 11) is 0. The Balaban J connectivity index is 4.24. The number of aliphatic hydroxyl groups is 1. The average molecular weight is 198 g/mol. The Morgan fingerprint density at radius 2 is 1.69 bits per heavy atom. The van der Waals surface area contributed by atoms with Crippen LogP contribution in [0.1, 0.15) is 27.2 Å². The summed E-state index contributed by atoms with van der Waals surface area (Å²) >= 11 is 0. The van der Waals surface area contributed by atoms with Crippen LogP contribution < -0.4 is 0 Å². The summed E-state index contributed by atoms with van der Waals surface area (Å²) in [5.41, 5.74) is -0.841. The highest BCUT2D eigenvalue weighted by atomic mass is 19.4. The van der Waals surface area contributed by atoms with Gasteiger partial charge in [0.25, 0.3) is 0 Å². The Kier molecular flexibility index (Phi) is 3.49. The molecule has 0 aliphatic carbocycles. The van der Waals surface area contributed by atoms with Crippen molar-refractivity contribution in [3.8, 4) is 0 Å². The molecule has 0 heterocycles. The van der Waals surface area contributed by atoms with Gasteiger partial charge in [0.2, 0.25) is 0 Å². The summed E-state index contributed by atoms with van der Waals surface area (Å²) in [5, 5.41) is 8.57. The van der Waals surface area contributed by atoms with Gasteiger partial charge < -0.3 is 5.11 Å². The number of aliphatic hydroxyl groups excluding tert-OH is 1. The van der Waals surface area contributed by atoms with Gasteiger partial charge >= 0.3 is 6.18 Å². The zero-order valence-corrected chi connectivity index (χ0v) is 7.77. The van der Waals surface area contributed by atoms with Crippen LogP contribution in [0, 0.1) is 5.41 Å². The monoisotopic (exact) mass is 198 g/mol. The van der Waals surface area contributed by atoms with E-state index in [1.807, 2.05) is 0 Å². The lowest BCUT2D eigenvalue weighted by molar-refractivity contribution is -0.206. The third-order valence-corrected chi connectivity index (χ3v) is 1.59. The van der Waals surface area contributed by atoms with E-state index in [4.69, 9.17) is 5.11 Å². The van der Waals surface area contributed by atoms with Crippen LogP contribution in [0.4, 0.5) is 13.2 Å². The second-order valence-corrected chi connectivity index (χ2v) is 3.93. The number of carbonyl (C=O) groups excluding carboxylic acids is 1. The molecule has 0 aliphatic heterocycles. The van der Waals surface area contributed by atoms with E-state index in [1.54, 1.807) is 0 Å². The van der Waals surface area contributed by atoms with Gasteiger partial charge in [0, 0.05) is 11.8 Å². The number of halogens is 3. The number of rotatable bonds is 2. The third kappa shape index (κ3) is 4.26. The topological polar surface area (TPSA) is 37.3 Å². The van der Waals surface area contributed by atoms with Crippen LogP contribution in [0.5, 0.6) is 0 Å². The molecule has 0 aromatic carbocycles. The molecule has 1 atom stereocenters. The summed E-state index contributed by atoms with van der Waals surface area (Å²) < 4.78 is 35.4. The first-order valence-electron chi connectivity index (χ1n) is 3.83. The highest BCUT2D eigenvalue weighted by Gasteiger charge is 2.40. The highest BCUT2D eigenvalue weighted by Crippen LogP contribution is 2.26. The van der Waals surface area contributed by atoms with Gasteiger partial charge in [-0.25, -0.2) is 0 Å². The molecule has 0 saturated heterocycles. The number of ketones is 1. The summed E-state index contributed by atoms with van der Waals surface area (Å²) in [4.78, 5) is 11.1. The minimum absolute atomic E-state index is 0.600. The molecule has 0 bridgehead atoms. The maximum Gasteiger partial charge on any atom is 0.414 e. The smallest absolute Gasteiger partial charge is 0.383 e. The lowest BCUT2D eigenvalue weighted by atomic mass is 9.87. The Bertz CT molecular complexity index is 191. The molecular weight excluding hydrogens is 185 g/mol. The summed E-state index contributed by atoms with van der Waals surface area (Å²) in [6.45, 7) is 4.54. The van der Waals surface area contributed by atoms with Crippen LogP contribution in [0.25, 0.3) is 0 Å². The van der Waals surface area contributed by atoms with Crippen LogP contribution >= 0.6 is 0 Å². The van der Waals surface area contributed by atoms with Gasteiger partial charge in [0.1, 0.15) is 5.78 Å². The predicted molar refractivity (Wildman–Crippen MR) is 41.1 cm³/mol. The summed E-state index contributed by atoms with van der Waals surface area (Å²) in [6, 6.07) is 0. The number of hydrogen-bond acceptors (Lipinski definition) is 2. The van der Waals surface area contributed by atoms with Gasteiger partial charge in [0.05, 0.1) is 0 Å². The van der Waals surface area contributed by atoms with Gasteiger partial charge in [-0.15, -0.1) is 0 Å². The molecule has 78 valence electrons. The van der Waals surface area contributed by atoms with Crippen LogP contribution in [-0.2, 0) is 4.79 Å². The van der Waals surface area contributed by atoms with Crippen molar-refractivity contribution in [2.45, 2.75) is 39.5 Å². The third-order valence-electron chi connectivity index (χ3n) is 1.59. The van der Waals surface area contributed by atoms with E-state index in [9.17, 15) is 18.0 Å². The second kappa shape index (κ2) is 3.65. The molecule has 0 saturated carbocycles. The largest absolute Gasteiger partial charge is 0.414 e. The van der Waals surface area contributed by atoms with E-state index >= 15 is 0 Å². The lowest BCUT2D eigenvalue weighted by Gasteiger charge is -2.20. The van der Waals surface area contributed by atoms with Gasteiger partial charge in [0.15, 0.2) is 6.10 Å². The Morgan fingerprint density at radius 3 is 1.92 bits per heavy atom. The van der Waals surface area contributed by atoms with E-state index < -0.39 is 29.9 Å². The molecule has 0 aromatic heterocycles. The fraction of sp³-hybridized carbons (Fsp3) is 0.875. The van der Waals surface area contributed by atoms with Gasteiger partial charge in [-0.1, -0.05) is 20.8 Å². The summed E-state index contributed by atoms with van der Waals surface area (Å²) in [5.74, 6) is -0.600. The molecule has 0 spiro atoms. The zero-order valence-electron chi connectivity index (χ0n) is 7.77. The van der Waals surface area contributed by atoms with Crippen molar-refractivity contribution in [3.63, 3.8) is 0 Å². The normalized spacial score (nSPS) is 15.6. The molecule has 13 heavy (non-hydrogen) atoms. The SMILES string of the molecule is CC(C)(C)C(=O)CC(O)C(F)(F)F. The van der Waals surface area contributed by atoms with E-state index in [-0.39, 0.29) is 0 Å². The van der Waals surface area contributed by atoms with E-state index in [0.29, 0.717) is 0 Å². The second-order valence-electron chi connectivity index (χ2n) is 3.93. The number of Topliss-reactive ketones (excluding diaryl/α,β-unsaturated/α-hetero) is 1. The standard InChI is InChI=1S/C8H13F3O2/c1-7(2,3)5(12)4-6(13)8(9,10)11/h6,13H,4H2,1-3H3. The van der Waals surface area contributed by atoms with Crippen molar-refractivity contribution in [1.29, 1.82) is 0 Å². The van der Waals surface area contributed by atoms with Crippen LogP contribution in [0.15, 0.2) is 0 Å². The maximum absolute atomic E-state index is 11.8. The first-order chi connectivity index (χ1) is 5.55. The minimum atomic E-state index is -4.71. The Labute approximate surface area is 74.7 Å². The first-order valence-corrected chi connectivity index (χ1v) is 3.83. The van der Waals surface area contributed by atoms with E-state index in [2.05, 4.69) is 0 Å². The molecule has 0 aliphatic rings. The van der Waals surface area contributed by atoms with Gasteiger partial charge in [-0.2, -0.15) is 13.2 Å². The molecule has 1 N–H and O–H groups in total. The number of alkyl halides is 3. The molecule has 1 unspecified atom stereocenters. The Hall–Kier alpha value is -0.580. The van der Waals surface area contributed by atoms with Crippen molar-refractivity contribution in [3.05, 3.63) is 0 Å². The molecule has 0 aromatic rings. The van der Waals surface area contributed by atoms with Crippen molar-refractivity contribution in [1.82, 2.24) is 0 Å². The first kappa shape index (κ1) is 12.4. The molecule has 0 amide bonds. The van der Waals surface area contributed by atoms with Crippen molar-refractivity contribution < 1.29 is 23.1 Å². The van der Waals surface area contributed by atoms with Gasteiger partial charge in [-0.3, -0.25) is 4.79 Å². The zero-order chi connectivity index (χ0) is 10.9. The maximum atomic E-state index is 11.8. The predicted octanol–water partition coefficient (Wildman–Crippen LogP) is 1.91. The summed E-state index contributed by atoms with van der Waals surface area (Å²) in [6.07, 6.45) is -8.12. The molecule has 5 heteroatoms. The van der Waals surface area contributed by atoms with Gasteiger partial charge in [-0.05, 0) is 0 Å². The lowest BCUT2D eigenvalue weighted by Crippen LogP contribution is -2.34. The average Bonchev–Trinajstić information content (AvgIpc) is 1.82. The molecule has 2 nitrogen and oxygen atoms in total. The molecule has 0 rings (SSSR count). The minimum Gasteiger partial charge on any atom is -0.383 e. The van der Waals surface area contributed by atoms with Crippen molar-refractivity contribution in [2.24, 2.45) is 5.41 Å². The molecular formula is C8H13F3O2. The molecule has 0 radical (unpaired) electrons. The fourth-order valence-electron chi connectivity index (χ4n) is 0.598. The number of hydrogen-bond donors (Lipinski definition) is 1. The quantitative estimate of drug-likeness (QED) is 0.735. The molecule has 0 fully saturated rings. The van der Waals surface area contributed by atoms with Crippen LogP contribution in [-0.4, -0.2) is 23.2 Å². The number of carbonyl (C=O) groups is 1. The highest BCUT2D eigenvalue weighted by molar-refractivity contribution is 5.84. The van der Waals surface area contributed by atoms with Crippen LogP contribution in [0.3, 0.4) is 0 Å². The van der Waals surface area contributed by atoms with Crippen LogP contribution in [0.2, 0.25) is 0 Å². The van der Waals surface area contributed by atoms with E-state index in [0.717, 1.165) is 0 Å². The fourth-order valence-corrected chi connectivity index (χ4v) is 0.598. The Morgan fingerprint density at radius 1 is 1.31 bits per heavy atom. The van der Waals surface area contributed by atoms with Crippen molar-refractivity contribution >= 4 is 5.78 Å².